The highest BCUT2D eigenvalue weighted by molar-refractivity contribution is 6.07. The van der Waals surface area contributed by atoms with E-state index < -0.39 is 5.97 Å². The predicted molar refractivity (Wildman–Crippen MR) is 94.0 cm³/mol. The number of hydrogen-bond donors (Lipinski definition) is 1. The molecule has 1 N–H and O–H groups in total. The molecular formula is C19H18N2O4. The van der Waals surface area contributed by atoms with Crippen LogP contribution in [0.3, 0.4) is 0 Å². The van der Waals surface area contributed by atoms with Crippen LogP contribution in [0, 0.1) is 0 Å². The first-order chi connectivity index (χ1) is 12.1. The van der Waals surface area contributed by atoms with Crippen molar-refractivity contribution in [2.24, 2.45) is 0 Å². The lowest BCUT2D eigenvalue weighted by Crippen LogP contribution is -2.36. The number of morpholine rings is 1. The zero-order valence-electron chi connectivity index (χ0n) is 13.6. The van der Waals surface area contributed by atoms with Gasteiger partial charge in [0.05, 0.1) is 24.5 Å². The SMILES string of the molecule is O=C(O)c1ccc(C(=O)C=Cc2cccc(N3CCOCC3)n2)cc1. The molecular weight excluding hydrogens is 320 g/mol. The largest absolute Gasteiger partial charge is 0.478 e. The van der Waals surface area contributed by atoms with Crippen LogP contribution in [-0.2, 0) is 4.74 Å². The summed E-state index contributed by atoms with van der Waals surface area (Å²) in [5.74, 6) is -0.349. The van der Waals surface area contributed by atoms with Crippen LogP contribution in [0.2, 0.25) is 0 Å². The normalized spacial score (nSPS) is 14.6. The number of aromatic nitrogens is 1. The van der Waals surface area contributed by atoms with Crippen LogP contribution >= 0.6 is 0 Å². The molecule has 0 radical (unpaired) electrons. The van der Waals surface area contributed by atoms with Crippen molar-refractivity contribution in [3.05, 3.63) is 65.4 Å². The van der Waals surface area contributed by atoms with E-state index in [-0.39, 0.29) is 11.3 Å². The van der Waals surface area contributed by atoms with Gasteiger partial charge in [0, 0.05) is 18.7 Å². The van der Waals surface area contributed by atoms with E-state index in [0.717, 1.165) is 18.9 Å². The van der Waals surface area contributed by atoms with E-state index in [0.29, 0.717) is 24.5 Å². The molecule has 25 heavy (non-hydrogen) atoms. The molecule has 1 aliphatic rings. The highest BCUT2D eigenvalue weighted by Gasteiger charge is 2.12. The fourth-order valence-electron chi connectivity index (χ4n) is 2.54. The van der Waals surface area contributed by atoms with Crippen molar-refractivity contribution >= 4 is 23.6 Å². The van der Waals surface area contributed by atoms with Gasteiger partial charge in [-0.3, -0.25) is 4.79 Å². The summed E-state index contributed by atoms with van der Waals surface area (Å²) < 4.78 is 5.34. The van der Waals surface area contributed by atoms with Gasteiger partial charge < -0.3 is 14.7 Å². The van der Waals surface area contributed by atoms with E-state index in [4.69, 9.17) is 9.84 Å². The molecule has 1 saturated heterocycles. The van der Waals surface area contributed by atoms with Crippen LogP contribution in [0.5, 0.6) is 0 Å². The summed E-state index contributed by atoms with van der Waals surface area (Å²) in [6, 6.07) is 11.5. The van der Waals surface area contributed by atoms with Gasteiger partial charge in [-0.05, 0) is 36.4 Å². The van der Waals surface area contributed by atoms with Crippen molar-refractivity contribution in [2.45, 2.75) is 0 Å². The van der Waals surface area contributed by atoms with E-state index >= 15 is 0 Å². The zero-order chi connectivity index (χ0) is 17.6. The number of carbonyl (C=O) groups is 2. The number of carboxylic acid groups (broad SMARTS) is 1. The number of ketones is 1. The van der Waals surface area contributed by atoms with Gasteiger partial charge >= 0.3 is 5.97 Å². The lowest BCUT2D eigenvalue weighted by molar-refractivity contribution is 0.0696. The molecule has 6 nitrogen and oxygen atoms in total. The van der Waals surface area contributed by atoms with Gasteiger partial charge in [-0.15, -0.1) is 0 Å². The van der Waals surface area contributed by atoms with E-state index in [1.165, 1.54) is 30.3 Å². The van der Waals surface area contributed by atoms with Crippen LogP contribution in [0.1, 0.15) is 26.4 Å². The first-order valence-corrected chi connectivity index (χ1v) is 7.99. The van der Waals surface area contributed by atoms with Crippen LogP contribution in [0.15, 0.2) is 48.5 Å². The molecule has 0 atom stereocenters. The third-order valence-corrected chi connectivity index (χ3v) is 3.91. The molecule has 1 aromatic carbocycles. The number of hydrogen-bond acceptors (Lipinski definition) is 5. The Morgan fingerprint density at radius 3 is 2.40 bits per heavy atom. The Kier molecular flexibility index (Phi) is 5.20. The predicted octanol–water partition coefficient (Wildman–Crippen LogP) is 2.51. The molecule has 0 unspecified atom stereocenters. The van der Waals surface area contributed by atoms with E-state index in [9.17, 15) is 9.59 Å². The number of rotatable bonds is 5. The standard InChI is InChI=1S/C19H18N2O4/c22-17(14-4-6-15(7-5-14)19(23)24)9-8-16-2-1-3-18(20-16)21-10-12-25-13-11-21/h1-9H,10-13H2,(H,23,24). The van der Waals surface area contributed by atoms with E-state index in [1.807, 2.05) is 18.2 Å². The van der Waals surface area contributed by atoms with Gasteiger partial charge in [0.15, 0.2) is 5.78 Å². The monoisotopic (exact) mass is 338 g/mol. The van der Waals surface area contributed by atoms with E-state index in [2.05, 4.69) is 9.88 Å². The van der Waals surface area contributed by atoms with Crippen LogP contribution in [0.4, 0.5) is 5.82 Å². The number of anilines is 1. The minimum absolute atomic E-state index is 0.153. The van der Waals surface area contributed by atoms with Gasteiger partial charge in [-0.25, -0.2) is 9.78 Å². The van der Waals surface area contributed by atoms with Crippen molar-refractivity contribution in [2.75, 3.05) is 31.2 Å². The van der Waals surface area contributed by atoms with E-state index in [1.54, 1.807) is 6.08 Å². The lowest BCUT2D eigenvalue weighted by atomic mass is 10.1. The Balaban J connectivity index is 1.70. The number of carboxylic acids is 1. The number of allylic oxidation sites excluding steroid dienone is 1. The number of aromatic carboxylic acids is 1. The summed E-state index contributed by atoms with van der Waals surface area (Å²) >= 11 is 0. The first-order valence-electron chi connectivity index (χ1n) is 7.99. The fraction of sp³-hybridized carbons (Fsp3) is 0.211. The summed E-state index contributed by atoms with van der Waals surface area (Å²) in [6.45, 7) is 2.98. The van der Waals surface area contributed by atoms with Gasteiger partial charge in [0.25, 0.3) is 0 Å². The van der Waals surface area contributed by atoms with Gasteiger partial charge in [0.2, 0.25) is 0 Å². The molecule has 0 saturated carbocycles. The maximum atomic E-state index is 12.2. The number of pyridine rings is 1. The van der Waals surface area contributed by atoms with Crippen molar-refractivity contribution in [3.63, 3.8) is 0 Å². The molecule has 2 aromatic rings. The molecule has 0 bridgehead atoms. The summed E-state index contributed by atoms with van der Waals surface area (Å²) in [6.07, 6.45) is 3.11. The highest BCUT2D eigenvalue weighted by atomic mass is 16.5. The molecule has 0 spiro atoms. The van der Waals surface area contributed by atoms with Crippen molar-refractivity contribution in [3.8, 4) is 0 Å². The highest BCUT2D eigenvalue weighted by Crippen LogP contribution is 2.14. The number of carbonyl (C=O) groups excluding carboxylic acids is 1. The summed E-state index contributed by atoms with van der Waals surface area (Å²) in [7, 11) is 0. The maximum Gasteiger partial charge on any atom is 0.335 e. The van der Waals surface area contributed by atoms with Crippen molar-refractivity contribution in [1.82, 2.24) is 4.98 Å². The summed E-state index contributed by atoms with van der Waals surface area (Å²) in [4.78, 5) is 29.7. The minimum Gasteiger partial charge on any atom is -0.478 e. The quantitative estimate of drug-likeness (QED) is 0.666. The topological polar surface area (TPSA) is 79.7 Å². The molecule has 128 valence electrons. The Hall–Kier alpha value is -2.99. The zero-order valence-corrected chi connectivity index (χ0v) is 13.6. The van der Waals surface area contributed by atoms with Crippen LogP contribution < -0.4 is 4.90 Å². The molecule has 1 aliphatic heterocycles. The third kappa shape index (κ3) is 4.30. The van der Waals surface area contributed by atoms with Crippen LogP contribution in [0.25, 0.3) is 6.08 Å². The van der Waals surface area contributed by atoms with Gasteiger partial charge in [-0.1, -0.05) is 18.2 Å². The molecule has 0 aliphatic carbocycles. The maximum absolute atomic E-state index is 12.2. The average molecular weight is 338 g/mol. The molecule has 6 heteroatoms. The smallest absolute Gasteiger partial charge is 0.335 e. The molecule has 1 fully saturated rings. The summed E-state index contributed by atoms with van der Waals surface area (Å²) in [5.41, 5.74) is 1.28. The van der Waals surface area contributed by atoms with Gasteiger partial charge in [0.1, 0.15) is 5.82 Å². The molecule has 1 aromatic heterocycles. The number of benzene rings is 1. The molecule has 2 heterocycles. The average Bonchev–Trinajstić information content (AvgIpc) is 2.67. The third-order valence-electron chi connectivity index (χ3n) is 3.91. The Bertz CT molecular complexity index is 793. The Morgan fingerprint density at radius 2 is 1.72 bits per heavy atom. The summed E-state index contributed by atoms with van der Waals surface area (Å²) in [5, 5.41) is 8.88. The second-order valence-electron chi connectivity index (χ2n) is 5.60. The second kappa shape index (κ2) is 7.72. The minimum atomic E-state index is -1.02. The Labute approximate surface area is 145 Å². The Morgan fingerprint density at radius 1 is 1.04 bits per heavy atom. The van der Waals surface area contributed by atoms with Gasteiger partial charge in [-0.2, -0.15) is 0 Å². The van der Waals surface area contributed by atoms with Crippen molar-refractivity contribution in [1.29, 1.82) is 0 Å². The van der Waals surface area contributed by atoms with Crippen LogP contribution in [-0.4, -0.2) is 48.1 Å². The first kappa shape index (κ1) is 16.9. The second-order valence-corrected chi connectivity index (χ2v) is 5.60. The molecule has 3 rings (SSSR count). The molecule has 0 amide bonds. The number of nitrogens with zero attached hydrogens (tertiary/aromatic N) is 2. The fourth-order valence-corrected chi connectivity index (χ4v) is 2.54. The van der Waals surface area contributed by atoms with Crippen molar-refractivity contribution < 1.29 is 19.4 Å². The lowest BCUT2D eigenvalue weighted by Gasteiger charge is -2.27. The number of ether oxygens (including phenoxy) is 1.